The van der Waals surface area contributed by atoms with Gasteiger partial charge in [0.1, 0.15) is 11.5 Å². The van der Waals surface area contributed by atoms with E-state index in [9.17, 15) is 4.79 Å². The van der Waals surface area contributed by atoms with E-state index < -0.39 is 5.38 Å². The summed E-state index contributed by atoms with van der Waals surface area (Å²) in [5, 5.41) is -0.554. The standard InChI is InChI=1S/C30H49ClO2/c1-19(2)8-7-9-20(3)25-12-13-26-24-11-10-22-18-23(33-28(32)21(4)31)14-16-29(22,5)27(24)15-17-30(25,26)6/h10,19-21,23-27H,7-9,11-18H2,1-6H3. The monoisotopic (exact) mass is 476 g/mol. The number of esters is 1. The number of rotatable bonds is 7. The van der Waals surface area contributed by atoms with Crippen LogP contribution in [0.25, 0.3) is 0 Å². The molecule has 3 heteroatoms. The second-order valence-corrected chi connectivity index (χ2v) is 13.9. The molecule has 0 aromatic heterocycles. The van der Waals surface area contributed by atoms with Crippen molar-refractivity contribution in [1.82, 2.24) is 0 Å². The molecule has 0 spiro atoms. The zero-order chi connectivity index (χ0) is 24.0. The van der Waals surface area contributed by atoms with Crippen LogP contribution in [0.15, 0.2) is 11.6 Å². The van der Waals surface area contributed by atoms with Crippen LogP contribution >= 0.6 is 11.6 Å². The van der Waals surface area contributed by atoms with E-state index in [0.29, 0.717) is 10.8 Å². The third kappa shape index (κ3) is 4.81. The predicted molar refractivity (Wildman–Crippen MR) is 138 cm³/mol. The van der Waals surface area contributed by atoms with E-state index in [1.54, 1.807) is 12.5 Å². The number of alkyl halides is 1. The van der Waals surface area contributed by atoms with Crippen LogP contribution in [0.1, 0.15) is 112 Å². The molecule has 3 fully saturated rings. The van der Waals surface area contributed by atoms with Gasteiger partial charge in [-0.2, -0.15) is 0 Å². The smallest absolute Gasteiger partial charge is 0.324 e. The van der Waals surface area contributed by atoms with Crippen molar-refractivity contribution < 1.29 is 9.53 Å². The molecule has 0 amide bonds. The largest absolute Gasteiger partial charge is 0.461 e. The Hall–Kier alpha value is -0.500. The van der Waals surface area contributed by atoms with Crippen LogP contribution in [-0.4, -0.2) is 17.5 Å². The number of hydrogen-bond acceptors (Lipinski definition) is 2. The van der Waals surface area contributed by atoms with E-state index in [4.69, 9.17) is 16.3 Å². The first-order valence-electron chi connectivity index (χ1n) is 14.1. The van der Waals surface area contributed by atoms with Gasteiger partial charge in [-0.15, -0.1) is 11.6 Å². The Morgan fingerprint density at radius 2 is 1.82 bits per heavy atom. The molecule has 0 N–H and O–H groups in total. The third-order valence-corrected chi connectivity index (χ3v) is 11.0. The summed E-state index contributed by atoms with van der Waals surface area (Å²) in [4.78, 5) is 12.1. The highest BCUT2D eigenvalue weighted by molar-refractivity contribution is 6.29. The van der Waals surface area contributed by atoms with E-state index in [2.05, 4.69) is 40.7 Å². The van der Waals surface area contributed by atoms with Crippen molar-refractivity contribution in [3.8, 4) is 0 Å². The van der Waals surface area contributed by atoms with Gasteiger partial charge in [0.05, 0.1) is 0 Å². The van der Waals surface area contributed by atoms with E-state index >= 15 is 0 Å². The zero-order valence-corrected chi connectivity index (χ0v) is 22.9. The molecule has 9 unspecified atom stereocenters. The summed E-state index contributed by atoms with van der Waals surface area (Å²) in [7, 11) is 0. The Balaban J connectivity index is 1.45. The molecule has 4 aliphatic rings. The minimum atomic E-state index is -0.554. The number of allylic oxidation sites excluding steroid dienone is 1. The first-order chi connectivity index (χ1) is 15.6. The number of fused-ring (bicyclic) bond motifs is 5. The molecule has 0 aliphatic heterocycles. The van der Waals surface area contributed by atoms with Gasteiger partial charge in [-0.05, 0) is 98.2 Å². The van der Waals surface area contributed by atoms with Gasteiger partial charge in [0, 0.05) is 6.42 Å². The summed E-state index contributed by atoms with van der Waals surface area (Å²) < 4.78 is 5.74. The van der Waals surface area contributed by atoms with Gasteiger partial charge in [0.15, 0.2) is 0 Å². The van der Waals surface area contributed by atoms with Gasteiger partial charge in [-0.1, -0.05) is 65.5 Å². The SMILES string of the molecule is CC(C)CCCC(C)C1CCC2C3CC=C4CC(OC(=O)C(C)Cl)CCC4(C)C3CCC12C. The molecule has 2 nitrogen and oxygen atoms in total. The molecular formula is C30H49ClO2. The topological polar surface area (TPSA) is 26.3 Å². The fourth-order valence-electron chi connectivity index (χ4n) is 9.01. The fraction of sp³-hybridized carbons (Fsp3) is 0.900. The quantitative estimate of drug-likeness (QED) is 0.209. The highest BCUT2D eigenvalue weighted by atomic mass is 35.5. The third-order valence-electron chi connectivity index (χ3n) is 10.9. The molecule has 188 valence electrons. The normalized spacial score (nSPS) is 42.1. The molecule has 0 heterocycles. The first kappa shape index (κ1) is 25.6. The van der Waals surface area contributed by atoms with Crippen LogP contribution in [0.4, 0.5) is 0 Å². The lowest BCUT2D eigenvalue weighted by Gasteiger charge is -2.58. The first-order valence-corrected chi connectivity index (χ1v) is 14.5. The molecule has 4 rings (SSSR count). The second-order valence-electron chi connectivity index (χ2n) is 13.2. The molecule has 33 heavy (non-hydrogen) atoms. The summed E-state index contributed by atoms with van der Waals surface area (Å²) in [6.07, 6.45) is 16.8. The Labute approximate surface area is 208 Å². The molecule has 3 saturated carbocycles. The van der Waals surface area contributed by atoms with Gasteiger partial charge < -0.3 is 4.74 Å². The zero-order valence-electron chi connectivity index (χ0n) is 22.2. The van der Waals surface area contributed by atoms with Gasteiger partial charge in [-0.3, -0.25) is 4.79 Å². The average Bonchev–Trinajstić information content (AvgIpc) is 3.11. The number of carbonyl (C=O) groups excluding carboxylic acids is 1. The minimum absolute atomic E-state index is 0.0194. The van der Waals surface area contributed by atoms with E-state index in [0.717, 1.165) is 54.8 Å². The van der Waals surface area contributed by atoms with Crippen molar-refractivity contribution in [3.63, 3.8) is 0 Å². The molecule has 4 aliphatic carbocycles. The Morgan fingerprint density at radius 1 is 1.06 bits per heavy atom. The maximum absolute atomic E-state index is 12.1. The van der Waals surface area contributed by atoms with Crippen molar-refractivity contribution in [2.24, 2.45) is 46.3 Å². The highest BCUT2D eigenvalue weighted by Crippen LogP contribution is 2.67. The maximum atomic E-state index is 12.1. The minimum Gasteiger partial charge on any atom is -0.461 e. The lowest BCUT2D eigenvalue weighted by Crippen LogP contribution is -2.51. The maximum Gasteiger partial charge on any atom is 0.324 e. The summed E-state index contributed by atoms with van der Waals surface area (Å²) >= 11 is 5.95. The van der Waals surface area contributed by atoms with Crippen LogP contribution < -0.4 is 0 Å². The van der Waals surface area contributed by atoms with Gasteiger partial charge in [0.2, 0.25) is 0 Å². The average molecular weight is 477 g/mol. The van der Waals surface area contributed by atoms with Gasteiger partial charge in [-0.25, -0.2) is 0 Å². The molecule has 0 aromatic carbocycles. The molecule has 0 aromatic rings. The molecule has 9 atom stereocenters. The van der Waals surface area contributed by atoms with Gasteiger partial charge >= 0.3 is 5.97 Å². The molecular weight excluding hydrogens is 428 g/mol. The van der Waals surface area contributed by atoms with Crippen LogP contribution in [0.5, 0.6) is 0 Å². The van der Waals surface area contributed by atoms with E-state index in [1.165, 1.54) is 51.4 Å². The van der Waals surface area contributed by atoms with Crippen LogP contribution in [0, 0.1) is 46.3 Å². The Kier molecular flexibility index (Phi) is 7.65. The van der Waals surface area contributed by atoms with Crippen LogP contribution in [0.3, 0.4) is 0 Å². The Morgan fingerprint density at radius 3 is 2.52 bits per heavy atom. The second kappa shape index (κ2) is 9.87. The van der Waals surface area contributed by atoms with Crippen molar-refractivity contribution in [2.45, 2.75) is 124 Å². The predicted octanol–water partition coefficient (Wildman–Crippen LogP) is 8.57. The number of halogens is 1. The summed E-state index contributed by atoms with van der Waals surface area (Å²) in [5.74, 6) is 4.93. The molecule has 0 radical (unpaired) electrons. The van der Waals surface area contributed by atoms with E-state index in [-0.39, 0.29) is 12.1 Å². The van der Waals surface area contributed by atoms with Crippen molar-refractivity contribution >= 4 is 17.6 Å². The van der Waals surface area contributed by atoms with Gasteiger partial charge in [0.25, 0.3) is 0 Å². The summed E-state index contributed by atoms with van der Waals surface area (Å²) in [6.45, 7) is 14.2. The number of hydrogen-bond donors (Lipinski definition) is 0. The van der Waals surface area contributed by atoms with Crippen LogP contribution in [0.2, 0.25) is 0 Å². The molecule has 0 bridgehead atoms. The Bertz CT molecular complexity index is 742. The van der Waals surface area contributed by atoms with Crippen molar-refractivity contribution in [2.75, 3.05) is 0 Å². The fourth-order valence-corrected chi connectivity index (χ4v) is 9.06. The van der Waals surface area contributed by atoms with Crippen LogP contribution in [-0.2, 0) is 9.53 Å². The lowest BCUT2D eigenvalue weighted by molar-refractivity contribution is -0.150. The van der Waals surface area contributed by atoms with Crippen molar-refractivity contribution in [1.29, 1.82) is 0 Å². The van der Waals surface area contributed by atoms with Crippen molar-refractivity contribution in [3.05, 3.63) is 11.6 Å². The number of carbonyl (C=O) groups is 1. The number of ether oxygens (including phenoxy) is 1. The summed E-state index contributed by atoms with van der Waals surface area (Å²) in [6, 6.07) is 0. The highest BCUT2D eigenvalue weighted by Gasteiger charge is 2.59. The summed E-state index contributed by atoms with van der Waals surface area (Å²) in [5.41, 5.74) is 2.43. The molecule has 0 saturated heterocycles. The lowest BCUT2D eigenvalue weighted by atomic mass is 9.47. The van der Waals surface area contributed by atoms with E-state index in [1.807, 2.05) is 0 Å².